The van der Waals surface area contributed by atoms with E-state index in [0.717, 1.165) is 0 Å². The maximum absolute atomic E-state index is 12.3. The van der Waals surface area contributed by atoms with Gasteiger partial charge in [0.05, 0.1) is 13.2 Å². The number of ether oxygens (including phenoxy) is 1. The third kappa shape index (κ3) is 5.35. The van der Waals surface area contributed by atoms with E-state index in [4.69, 9.17) is 0 Å². The van der Waals surface area contributed by atoms with Gasteiger partial charge in [-0.05, 0) is 37.7 Å². The zero-order valence-corrected chi connectivity index (χ0v) is 12.4. The SMILES string of the molecule is CNC(CCC(=O)OC)C(=O)c1ccc(NC(C)=O)cc1. The number of likely N-dealkylation sites (N-methyl/N-ethyl adjacent to an activating group) is 1. The number of benzene rings is 1. The van der Waals surface area contributed by atoms with E-state index in [1.54, 1.807) is 31.3 Å². The molecule has 0 aliphatic rings. The molecule has 0 bridgehead atoms. The first kappa shape index (κ1) is 16.8. The molecule has 0 radical (unpaired) electrons. The summed E-state index contributed by atoms with van der Waals surface area (Å²) < 4.78 is 4.57. The fourth-order valence-corrected chi connectivity index (χ4v) is 1.89. The topological polar surface area (TPSA) is 84.5 Å². The van der Waals surface area contributed by atoms with Gasteiger partial charge in [-0.1, -0.05) is 0 Å². The first-order valence-corrected chi connectivity index (χ1v) is 6.64. The van der Waals surface area contributed by atoms with Crippen LogP contribution >= 0.6 is 0 Å². The third-order valence-corrected chi connectivity index (χ3v) is 3.02. The maximum atomic E-state index is 12.3. The summed E-state index contributed by atoms with van der Waals surface area (Å²) in [6.07, 6.45) is 0.549. The summed E-state index contributed by atoms with van der Waals surface area (Å²) in [5.41, 5.74) is 1.16. The lowest BCUT2D eigenvalue weighted by Gasteiger charge is -2.14. The van der Waals surface area contributed by atoms with E-state index >= 15 is 0 Å². The van der Waals surface area contributed by atoms with Crippen molar-refractivity contribution >= 4 is 23.3 Å². The van der Waals surface area contributed by atoms with Crippen LogP contribution in [0.2, 0.25) is 0 Å². The predicted octanol–water partition coefficient (Wildman–Crippen LogP) is 1.37. The fraction of sp³-hybridized carbons (Fsp3) is 0.400. The number of anilines is 1. The highest BCUT2D eigenvalue weighted by atomic mass is 16.5. The Morgan fingerprint density at radius 1 is 1.19 bits per heavy atom. The second-order valence-corrected chi connectivity index (χ2v) is 4.58. The molecule has 6 heteroatoms. The Morgan fingerprint density at radius 3 is 2.29 bits per heavy atom. The Bertz CT molecular complexity index is 511. The van der Waals surface area contributed by atoms with Gasteiger partial charge in [0.2, 0.25) is 5.91 Å². The minimum atomic E-state index is -0.448. The molecule has 0 saturated carbocycles. The van der Waals surface area contributed by atoms with Crippen LogP contribution in [0.25, 0.3) is 0 Å². The molecule has 0 aromatic heterocycles. The molecule has 0 aliphatic heterocycles. The van der Waals surface area contributed by atoms with Gasteiger partial charge in [-0.25, -0.2) is 0 Å². The van der Waals surface area contributed by atoms with Gasteiger partial charge >= 0.3 is 5.97 Å². The van der Waals surface area contributed by atoms with Crippen molar-refractivity contribution in [3.63, 3.8) is 0 Å². The second-order valence-electron chi connectivity index (χ2n) is 4.58. The van der Waals surface area contributed by atoms with E-state index in [9.17, 15) is 14.4 Å². The molecule has 1 aromatic carbocycles. The smallest absolute Gasteiger partial charge is 0.305 e. The van der Waals surface area contributed by atoms with Gasteiger partial charge in [-0.3, -0.25) is 14.4 Å². The number of nitrogens with one attached hydrogen (secondary N) is 2. The molecule has 0 heterocycles. The summed E-state index contributed by atoms with van der Waals surface area (Å²) >= 11 is 0. The van der Waals surface area contributed by atoms with Crippen LogP contribution in [-0.4, -0.2) is 37.9 Å². The highest BCUT2D eigenvalue weighted by molar-refractivity contribution is 6.00. The van der Waals surface area contributed by atoms with Crippen LogP contribution in [0.4, 0.5) is 5.69 Å². The molecule has 0 spiro atoms. The van der Waals surface area contributed by atoms with Crippen LogP contribution < -0.4 is 10.6 Å². The lowest BCUT2D eigenvalue weighted by molar-refractivity contribution is -0.140. The molecule has 0 fully saturated rings. The van der Waals surface area contributed by atoms with Crippen LogP contribution in [0.3, 0.4) is 0 Å². The van der Waals surface area contributed by atoms with Crippen molar-refractivity contribution in [2.45, 2.75) is 25.8 Å². The van der Waals surface area contributed by atoms with E-state index < -0.39 is 6.04 Å². The van der Waals surface area contributed by atoms with Crippen molar-refractivity contribution < 1.29 is 19.1 Å². The Balaban J connectivity index is 2.71. The van der Waals surface area contributed by atoms with Gasteiger partial charge in [-0.2, -0.15) is 0 Å². The first-order chi connectivity index (χ1) is 9.97. The molecule has 6 nitrogen and oxygen atoms in total. The molecule has 114 valence electrons. The number of amides is 1. The number of hydrogen-bond acceptors (Lipinski definition) is 5. The van der Waals surface area contributed by atoms with Crippen LogP contribution in [0.1, 0.15) is 30.1 Å². The summed E-state index contributed by atoms with van der Waals surface area (Å²) in [6.45, 7) is 1.42. The van der Waals surface area contributed by atoms with E-state index in [2.05, 4.69) is 15.4 Å². The molecule has 1 amide bonds. The largest absolute Gasteiger partial charge is 0.469 e. The average molecular weight is 292 g/mol. The summed E-state index contributed by atoms with van der Waals surface area (Å²) in [6, 6.07) is 6.19. The molecule has 1 atom stereocenters. The van der Waals surface area contributed by atoms with Crippen molar-refractivity contribution in [3.8, 4) is 0 Å². The second kappa shape index (κ2) is 8.16. The van der Waals surface area contributed by atoms with Crippen LogP contribution in [-0.2, 0) is 14.3 Å². The lowest BCUT2D eigenvalue weighted by Crippen LogP contribution is -2.34. The van der Waals surface area contributed by atoms with E-state index in [1.165, 1.54) is 14.0 Å². The highest BCUT2D eigenvalue weighted by Crippen LogP contribution is 2.13. The quantitative estimate of drug-likeness (QED) is 0.585. The van der Waals surface area contributed by atoms with Gasteiger partial charge < -0.3 is 15.4 Å². The lowest BCUT2D eigenvalue weighted by atomic mass is 10.00. The molecule has 1 rings (SSSR count). The van der Waals surface area contributed by atoms with Crippen molar-refractivity contribution in [3.05, 3.63) is 29.8 Å². The number of hydrogen-bond donors (Lipinski definition) is 2. The van der Waals surface area contributed by atoms with E-state index in [1.807, 2.05) is 0 Å². The third-order valence-electron chi connectivity index (χ3n) is 3.02. The Morgan fingerprint density at radius 2 is 1.81 bits per heavy atom. The zero-order chi connectivity index (χ0) is 15.8. The normalized spacial score (nSPS) is 11.6. The van der Waals surface area contributed by atoms with Crippen LogP contribution in [0.15, 0.2) is 24.3 Å². The van der Waals surface area contributed by atoms with E-state index in [-0.39, 0.29) is 24.1 Å². The number of esters is 1. The summed E-state index contributed by atoms with van der Waals surface area (Å²) in [7, 11) is 2.99. The van der Waals surface area contributed by atoms with Gasteiger partial charge in [0, 0.05) is 24.6 Å². The molecule has 1 unspecified atom stereocenters. The van der Waals surface area contributed by atoms with Crippen molar-refractivity contribution in [2.24, 2.45) is 0 Å². The standard InChI is InChI=1S/C15H20N2O4/c1-10(18)17-12-6-4-11(5-7-12)15(20)13(16-2)8-9-14(19)21-3/h4-7,13,16H,8-9H2,1-3H3,(H,17,18). The van der Waals surface area contributed by atoms with Crippen LogP contribution in [0, 0.1) is 0 Å². The number of carbonyl (C=O) groups excluding carboxylic acids is 3. The number of rotatable bonds is 7. The molecule has 1 aromatic rings. The number of Topliss-reactive ketones (excluding diaryl/α,β-unsaturated/α-hetero) is 1. The minimum Gasteiger partial charge on any atom is -0.469 e. The molecule has 2 N–H and O–H groups in total. The Labute approximate surface area is 123 Å². The van der Waals surface area contributed by atoms with Gasteiger partial charge in [0.25, 0.3) is 0 Å². The maximum Gasteiger partial charge on any atom is 0.305 e. The minimum absolute atomic E-state index is 0.101. The van der Waals surface area contributed by atoms with Gasteiger partial charge in [0.1, 0.15) is 0 Å². The monoisotopic (exact) mass is 292 g/mol. The number of ketones is 1. The molecule has 21 heavy (non-hydrogen) atoms. The predicted molar refractivity (Wildman–Crippen MR) is 79.2 cm³/mol. The van der Waals surface area contributed by atoms with Crippen molar-refractivity contribution in [2.75, 3.05) is 19.5 Å². The Hall–Kier alpha value is -2.21. The number of methoxy groups -OCH3 is 1. The fourth-order valence-electron chi connectivity index (χ4n) is 1.89. The average Bonchev–Trinajstić information content (AvgIpc) is 2.47. The van der Waals surface area contributed by atoms with E-state index in [0.29, 0.717) is 17.7 Å². The molecule has 0 saturated heterocycles. The Kier molecular flexibility index (Phi) is 6.55. The first-order valence-electron chi connectivity index (χ1n) is 6.64. The highest BCUT2D eigenvalue weighted by Gasteiger charge is 2.19. The van der Waals surface area contributed by atoms with Crippen molar-refractivity contribution in [1.29, 1.82) is 0 Å². The van der Waals surface area contributed by atoms with Crippen molar-refractivity contribution in [1.82, 2.24) is 5.32 Å². The van der Waals surface area contributed by atoms with Crippen LogP contribution in [0.5, 0.6) is 0 Å². The molecular weight excluding hydrogens is 272 g/mol. The molecular formula is C15H20N2O4. The molecule has 0 aliphatic carbocycles. The summed E-state index contributed by atoms with van der Waals surface area (Å²) in [5, 5.41) is 5.53. The summed E-state index contributed by atoms with van der Waals surface area (Å²) in [5.74, 6) is -0.611. The van der Waals surface area contributed by atoms with Gasteiger partial charge in [-0.15, -0.1) is 0 Å². The zero-order valence-electron chi connectivity index (χ0n) is 12.4. The number of carbonyl (C=O) groups is 3. The van der Waals surface area contributed by atoms with Gasteiger partial charge in [0.15, 0.2) is 5.78 Å². The summed E-state index contributed by atoms with van der Waals surface area (Å²) in [4.78, 5) is 34.4.